The lowest BCUT2D eigenvalue weighted by atomic mass is 9.84. The van der Waals surface area contributed by atoms with E-state index < -0.39 is 11.4 Å². The van der Waals surface area contributed by atoms with E-state index in [9.17, 15) is 4.79 Å². The van der Waals surface area contributed by atoms with Gasteiger partial charge in [0.15, 0.2) is 0 Å². The Balaban J connectivity index is 2.99. The summed E-state index contributed by atoms with van der Waals surface area (Å²) in [7, 11) is 0. The molecule has 0 aliphatic rings. The summed E-state index contributed by atoms with van der Waals surface area (Å²) in [5.74, 6) is 5.03. The molecule has 0 aromatic heterocycles. The first-order chi connectivity index (χ1) is 7.48. The molecule has 0 unspecified atom stereocenters. The molecule has 1 aromatic rings. The van der Waals surface area contributed by atoms with Gasteiger partial charge in [0.05, 0.1) is 10.7 Å². The Hall–Kier alpha value is -1.27. The van der Waals surface area contributed by atoms with E-state index in [0.29, 0.717) is 5.33 Å². The molecule has 1 aromatic carbocycles. The zero-order valence-electron chi connectivity index (χ0n) is 9.25. The van der Waals surface area contributed by atoms with Crippen LogP contribution in [0.15, 0.2) is 24.3 Å². The van der Waals surface area contributed by atoms with Crippen molar-refractivity contribution in [3.63, 3.8) is 0 Å². The second-order valence-electron chi connectivity index (χ2n) is 3.94. The topological polar surface area (TPSA) is 37.3 Å². The van der Waals surface area contributed by atoms with Gasteiger partial charge in [0, 0.05) is 5.56 Å². The van der Waals surface area contributed by atoms with Crippen molar-refractivity contribution in [3.05, 3.63) is 35.4 Å². The van der Waals surface area contributed by atoms with Gasteiger partial charge >= 0.3 is 5.97 Å². The van der Waals surface area contributed by atoms with Crippen molar-refractivity contribution in [2.24, 2.45) is 0 Å². The molecule has 0 radical (unpaired) electrons. The molecule has 0 atom stereocenters. The van der Waals surface area contributed by atoms with Gasteiger partial charge in [0.1, 0.15) is 0 Å². The van der Waals surface area contributed by atoms with Gasteiger partial charge in [0.2, 0.25) is 0 Å². The van der Waals surface area contributed by atoms with Gasteiger partial charge in [0.25, 0.3) is 0 Å². The SMILES string of the molecule is CC(C)(C(=O)O)c1ccc(C#CCBr)cc1. The van der Waals surface area contributed by atoms with E-state index >= 15 is 0 Å². The third-order valence-electron chi connectivity index (χ3n) is 2.44. The Morgan fingerprint density at radius 1 is 1.38 bits per heavy atom. The van der Waals surface area contributed by atoms with Gasteiger partial charge in [-0.1, -0.05) is 39.9 Å². The molecule has 0 aliphatic heterocycles. The molecular formula is C13H13BrO2. The quantitative estimate of drug-likeness (QED) is 0.668. The average molecular weight is 281 g/mol. The van der Waals surface area contributed by atoms with Crippen LogP contribution < -0.4 is 0 Å². The Bertz CT molecular complexity index is 435. The third-order valence-corrected chi connectivity index (χ3v) is 2.72. The molecule has 0 fully saturated rings. The number of carbonyl (C=O) groups is 1. The fourth-order valence-corrected chi connectivity index (χ4v) is 1.37. The van der Waals surface area contributed by atoms with Gasteiger partial charge in [-0.3, -0.25) is 4.79 Å². The predicted molar refractivity (Wildman–Crippen MR) is 67.8 cm³/mol. The molecule has 0 spiro atoms. The number of hydrogen-bond donors (Lipinski definition) is 1. The van der Waals surface area contributed by atoms with Crippen LogP contribution >= 0.6 is 15.9 Å². The fourth-order valence-electron chi connectivity index (χ4n) is 1.23. The number of carboxylic acid groups (broad SMARTS) is 1. The van der Waals surface area contributed by atoms with E-state index in [-0.39, 0.29) is 0 Å². The minimum Gasteiger partial charge on any atom is -0.481 e. The van der Waals surface area contributed by atoms with Gasteiger partial charge in [-0.05, 0) is 31.5 Å². The zero-order valence-corrected chi connectivity index (χ0v) is 10.8. The lowest BCUT2D eigenvalue weighted by molar-refractivity contribution is -0.142. The molecule has 16 heavy (non-hydrogen) atoms. The van der Waals surface area contributed by atoms with Crippen LogP contribution in [0.5, 0.6) is 0 Å². The molecule has 0 saturated carbocycles. The third kappa shape index (κ3) is 2.86. The molecule has 2 nitrogen and oxygen atoms in total. The largest absolute Gasteiger partial charge is 0.481 e. The zero-order chi connectivity index (χ0) is 12.2. The van der Waals surface area contributed by atoms with E-state index in [1.54, 1.807) is 13.8 Å². The van der Waals surface area contributed by atoms with Crippen molar-refractivity contribution in [1.29, 1.82) is 0 Å². The fraction of sp³-hybridized carbons (Fsp3) is 0.308. The number of aliphatic carboxylic acids is 1. The second kappa shape index (κ2) is 5.18. The predicted octanol–water partition coefficient (Wildman–Crippen LogP) is 2.80. The molecule has 0 aliphatic carbocycles. The molecule has 0 amide bonds. The van der Waals surface area contributed by atoms with Crippen LogP contribution in [0.4, 0.5) is 0 Å². The molecule has 0 bridgehead atoms. The Morgan fingerprint density at radius 2 is 1.94 bits per heavy atom. The average Bonchev–Trinajstić information content (AvgIpc) is 2.26. The van der Waals surface area contributed by atoms with Crippen molar-refractivity contribution in [3.8, 4) is 11.8 Å². The van der Waals surface area contributed by atoms with E-state index in [1.165, 1.54) is 0 Å². The van der Waals surface area contributed by atoms with Crippen molar-refractivity contribution in [2.45, 2.75) is 19.3 Å². The lowest BCUT2D eigenvalue weighted by Gasteiger charge is -2.19. The monoisotopic (exact) mass is 280 g/mol. The maximum Gasteiger partial charge on any atom is 0.313 e. The summed E-state index contributed by atoms with van der Waals surface area (Å²) in [6.45, 7) is 3.38. The highest BCUT2D eigenvalue weighted by molar-refractivity contribution is 9.09. The summed E-state index contributed by atoms with van der Waals surface area (Å²) >= 11 is 3.22. The van der Waals surface area contributed by atoms with Crippen molar-refractivity contribution in [2.75, 3.05) is 5.33 Å². The number of halogens is 1. The van der Waals surface area contributed by atoms with E-state index in [4.69, 9.17) is 5.11 Å². The maximum absolute atomic E-state index is 11.0. The van der Waals surface area contributed by atoms with Gasteiger partial charge in [-0.2, -0.15) is 0 Å². The minimum atomic E-state index is -0.860. The van der Waals surface area contributed by atoms with Crippen LogP contribution in [0.3, 0.4) is 0 Å². The van der Waals surface area contributed by atoms with Crippen LogP contribution in [0, 0.1) is 11.8 Å². The van der Waals surface area contributed by atoms with Crippen LogP contribution in [-0.2, 0) is 10.2 Å². The van der Waals surface area contributed by atoms with Crippen LogP contribution in [-0.4, -0.2) is 16.4 Å². The van der Waals surface area contributed by atoms with E-state index in [2.05, 4.69) is 27.8 Å². The Labute approximate surface area is 104 Å². The normalized spacial score (nSPS) is 10.4. The molecule has 0 saturated heterocycles. The summed E-state index contributed by atoms with van der Waals surface area (Å²) in [6.07, 6.45) is 0. The molecule has 0 heterocycles. The first-order valence-electron chi connectivity index (χ1n) is 4.87. The number of carboxylic acids is 1. The highest BCUT2D eigenvalue weighted by atomic mass is 79.9. The van der Waals surface area contributed by atoms with Crippen LogP contribution in [0.2, 0.25) is 0 Å². The lowest BCUT2D eigenvalue weighted by Crippen LogP contribution is -2.28. The summed E-state index contributed by atoms with van der Waals surface area (Å²) in [5, 5.41) is 9.71. The molecule has 3 heteroatoms. The van der Waals surface area contributed by atoms with Gasteiger partial charge in [-0.25, -0.2) is 0 Å². The van der Waals surface area contributed by atoms with E-state index in [1.807, 2.05) is 24.3 Å². The number of rotatable bonds is 2. The number of benzene rings is 1. The Kier molecular flexibility index (Phi) is 4.14. The summed E-state index contributed by atoms with van der Waals surface area (Å²) in [5.41, 5.74) is 0.815. The maximum atomic E-state index is 11.0. The molecule has 1 N–H and O–H groups in total. The summed E-state index contributed by atoms with van der Waals surface area (Å²) in [6, 6.07) is 7.31. The first kappa shape index (κ1) is 12.8. The smallest absolute Gasteiger partial charge is 0.313 e. The van der Waals surface area contributed by atoms with Crippen molar-refractivity contribution < 1.29 is 9.90 Å². The molecule has 1 rings (SSSR count). The van der Waals surface area contributed by atoms with E-state index in [0.717, 1.165) is 11.1 Å². The summed E-state index contributed by atoms with van der Waals surface area (Å²) in [4.78, 5) is 11.0. The molecular weight excluding hydrogens is 268 g/mol. The second-order valence-corrected chi connectivity index (χ2v) is 4.50. The minimum absolute atomic E-state index is 0.634. The number of hydrogen-bond acceptors (Lipinski definition) is 1. The van der Waals surface area contributed by atoms with Crippen LogP contribution in [0.25, 0.3) is 0 Å². The number of alkyl halides is 1. The highest BCUT2D eigenvalue weighted by Gasteiger charge is 2.28. The highest BCUT2D eigenvalue weighted by Crippen LogP contribution is 2.23. The Morgan fingerprint density at radius 3 is 2.38 bits per heavy atom. The van der Waals surface area contributed by atoms with Gasteiger partial charge < -0.3 is 5.11 Å². The van der Waals surface area contributed by atoms with Crippen molar-refractivity contribution in [1.82, 2.24) is 0 Å². The molecule has 84 valence electrons. The first-order valence-corrected chi connectivity index (χ1v) is 5.99. The summed E-state index contributed by atoms with van der Waals surface area (Å²) < 4.78 is 0. The standard InChI is InChI=1S/C13H13BrO2/c1-13(2,12(15)16)11-7-5-10(6-8-11)4-3-9-14/h5-8H,9H2,1-2H3,(H,15,16). The van der Waals surface area contributed by atoms with Gasteiger partial charge in [-0.15, -0.1) is 0 Å². The van der Waals surface area contributed by atoms with Crippen LogP contribution in [0.1, 0.15) is 25.0 Å². The van der Waals surface area contributed by atoms with Crippen molar-refractivity contribution >= 4 is 21.9 Å².